The number of benzene rings is 2. The van der Waals surface area contributed by atoms with Gasteiger partial charge >= 0.3 is 0 Å². The van der Waals surface area contributed by atoms with Crippen LogP contribution in [0.5, 0.6) is 17.2 Å². The molecule has 0 amide bonds. The molecule has 7 heteroatoms. The first-order valence-electron chi connectivity index (χ1n) is 9.06. The van der Waals surface area contributed by atoms with Crippen LogP contribution in [-0.4, -0.2) is 32.2 Å². The van der Waals surface area contributed by atoms with Crippen molar-refractivity contribution in [3.8, 4) is 17.2 Å². The zero-order chi connectivity index (χ0) is 20.4. The van der Waals surface area contributed by atoms with E-state index in [0.717, 1.165) is 30.0 Å². The molecule has 6 nitrogen and oxygen atoms in total. The second-order valence-electron chi connectivity index (χ2n) is 6.49. The van der Waals surface area contributed by atoms with Crippen molar-refractivity contribution in [1.29, 1.82) is 0 Å². The van der Waals surface area contributed by atoms with Crippen LogP contribution in [0.15, 0.2) is 47.6 Å². The third-order valence-corrected chi connectivity index (χ3v) is 4.06. The van der Waals surface area contributed by atoms with E-state index in [1.54, 1.807) is 32.6 Å². The summed E-state index contributed by atoms with van der Waals surface area (Å²) in [6, 6.07) is 13.2. The van der Waals surface area contributed by atoms with Gasteiger partial charge in [-0.25, -0.2) is 0 Å². The lowest BCUT2D eigenvalue weighted by molar-refractivity contribution is 0.289. The first-order valence-corrected chi connectivity index (χ1v) is 9.47. The van der Waals surface area contributed by atoms with Crippen LogP contribution < -0.4 is 25.0 Å². The van der Waals surface area contributed by atoms with Crippen molar-refractivity contribution in [2.75, 3.05) is 26.1 Å². The summed E-state index contributed by atoms with van der Waals surface area (Å²) in [4.78, 5) is 0. The lowest BCUT2D eigenvalue weighted by atomic mass is 10.1. The van der Waals surface area contributed by atoms with Crippen LogP contribution in [0.3, 0.4) is 0 Å². The van der Waals surface area contributed by atoms with Gasteiger partial charge in [-0.1, -0.05) is 13.8 Å². The van der Waals surface area contributed by atoms with Gasteiger partial charge in [0.05, 0.1) is 27.0 Å². The third kappa shape index (κ3) is 7.08. The molecular weight excluding hydrogens is 374 g/mol. The number of rotatable bonds is 9. The molecule has 0 unspecified atom stereocenters. The zero-order valence-electron chi connectivity index (χ0n) is 16.7. The van der Waals surface area contributed by atoms with E-state index in [-0.39, 0.29) is 0 Å². The summed E-state index contributed by atoms with van der Waals surface area (Å²) < 4.78 is 16.2. The Balaban J connectivity index is 1.82. The van der Waals surface area contributed by atoms with Crippen molar-refractivity contribution in [2.24, 2.45) is 11.0 Å². The van der Waals surface area contributed by atoms with Crippen LogP contribution >= 0.6 is 12.2 Å². The molecule has 0 aliphatic carbocycles. The number of nitrogens with one attached hydrogen (secondary N) is 2. The molecule has 0 aromatic heterocycles. The fourth-order valence-electron chi connectivity index (χ4n) is 2.30. The zero-order valence-corrected chi connectivity index (χ0v) is 17.5. The molecule has 0 heterocycles. The number of ether oxygens (including phenoxy) is 3. The van der Waals surface area contributed by atoms with Gasteiger partial charge < -0.3 is 19.5 Å². The highest BCUT2D eigenvalue weighted by molar-refractivity contribution is 7.80. The van der Waals surface area contributed by atoms with Crippen LogP contribution in [-0.2, 0) is 0 Å². The Morgan fingerprint density at radius 2 is 1.79 bits per heavy atom. The monoisotopic (exact) mass is 401 g/mol. The summed E-state index contributed by atoms with van der Waals surface area (Å²) in [6.07, 6.45) is 2.73. The Hall–Kier alpha value is -2.80. The summed E-state index contributed by atoms with van der Waals surface area (Å²) in [7, 11) is 3.18. The highest BCUT2D eigenvalue weighted by atomic mass is 32.1. The van der Waals surface area contributed by atoms with Crippen LogP contribution in [0.4, 0.5) is 5.69 Å². The SMILES string of the molecule is COc1ccc(NC(=S)NN=Cc2ccc(OCCC(C)C)cc2)cc1OC. The van der Waals surface area contributed by atoms with Gasteiger partial charge in [-0.2, -0.15) is 5.10 Å². The van der Waals surface area contributed by atoms with E-state index in [0.29, 0.717) is 22.5 Å². The number of thiocarbonyl (C=S) groups is 1. The molecule has 0 saturated heterocycles. The van der Waals surface area contributed by atoms with E-state index in [1.807, 2.05) is 30.3 Å². The molecule has 0 spiro atoms. The molecule has 0 fully saturated rings. The van der Waals surface area contributed by atoms with E-state index < -0.39 is 0 Å². The minimum Gasteiger partial charge on any atom is -0.494 e. The quantitative estimate of drug-likeness (QED) is 0.368. The first kappa shape index (κ1) is 21.5. The molecule has 0 aliphatic heterocycles. The minimum absolute atomic E-state index is 0.372. The largest absolute Gasteiger partial charge is 0.494 e. The molecule has 0 atom stereocenters. The Morgan fingerprint density at radius 1 is 1.07 bits per heavy atom. The molecule has 2 rings (SSSR count). The lowest BCUT2D eigenvalue weighted by Gasteiger charge is -2.11. The maximum Gasteiger partial charge on any atom is 0.191 e. The fourth-order valence-corrected chi connectivity index (χ4v) is 2.47. The summed E-state index contributed by atoms with van der Waals surface area (Å²) in [5.41, 5.74) is 4.51. The van der Waals surface area contributed by atoms with Crippen molar-refractivity contribution < 1.29 is 14.2 Å². The Labute approximate surface area is 171 Å². The maximum atomic E-state index is 5.71. The molecule has 0 bridgehead atoms. The molecule has 0 aliphatic rings. The van der Waals surface area contributed by atoms with Crippen LogP contribution in [0, 0.1) is 5.92 Å². The van der Waals surface area contributed by atoms with Gasteiger partial charge in [0.25, 0.3) is 0 Å². The number of methoxy groups -OCH3 is 2. The highest BCUT2D eigenvalue weighted by Gasteiger charge is 2.05. The predicted molar refractivity (Wildman–Crippen MR) is 118 cm³/mol. The number of hydrogen-bond donors (Lipinski definition) is 2. The summed E-state index contributed by atoms with van der Waals surface area (Å²) in [6.45, 7) is 5.09. The second kappa shape index (κ2) is 11.1. The van der Waals surface area contributed by atoms with Crippen LogP contribution in [0.25, 0.3) is 0 Å². The number of anilines is 1. The van der Waals surface area contributed by atoms with E-state index in [1.165, 1.54) is 0 Å². The van der Waals surface area contributed by atoms with Gasteiger partial charge in [-0.3, -0.25) is 5.43 Å². The molecule has 0 radical (unpaired) electrons. The molecule has 2 aromatic carbocycles. The van der Waals surface area contributed by atoms with E-state index >= 15 is 0 Å². The third-order valence-electron chi connectivity index (χ3n) is 3.87. The standard InChI is InChI=1S/C21H27N3O3S/c1-15(2)11-12-27-18-8-5-16(6-9-18)14-22-24-21(28)23-17-7-10-19(25-3)20(13-17)26-4/h5-10,13-15H,11-12H2,1-4H3,(H2,23,24,28). The normalized spacial score (nSPS) is 10.8. The molecule has 150 valence electrons. The molecule has 28 heavy (non-hydrogen) atoms. The van der Waals surface area contributed by atoms with Gasteiger partial charge in [0.15, 0.2) is 16.6 Å². The van der Waals surface area contributed by atoms with Crippen molar-refractivity contribution in [2.45, 2.75) is 20.3 Å². The minimum atomic E-state index is 0.372. The van der Waals surface area contributed by atoms with Gasteiger partial charge in [-0.05, 0) is 66.5 Å². The molecular formula is C21H27N3O3S. The number of hydrazone groups is 1. The van der Waals surface area contributed by atoms with E-state index in [4.69, 9.17) is 26.4 Å². The average Bonchev–Trinajstić information content (AvgIpc) is 2.68. The molecule has 0 saturated carbocycles. The van der Waals surface area contributed by atoms with Crippen LogP contribution in [0.2, 0.25) is 0 Å². The van der Waals surface area contributed by atoms with Gasteiger partial charge in [0, 0.05) is 11.8 Å². The highest BCUT2D eigenvalue weighted by Crippen LogP contribution is 2.29. The summed E-state index contributed by atoms with van der Waals surface area (Å²) >= 11 is 5.25. The molecule has 2 aromatic rings. The summed E-state index contributed by atoms with van der Waals surface area (Å²) in [5, 5.41) is 7.57. The van der Waals surface area contributed by atoms with Crippen LogP contribution in [0.1, 0.15) is 25.8 Å². The lowest BCUT2D eigenvalue weighted by Crippen LogP contribution is -2.23. The maximum absolute atomic E-state index is 5.71. The Bertz CT molecular complexity index is 792. The molecule has 2 N–H and O–H groups in total. The van der Waals surface area contributed by atoms with Gasteiger partial charge in [-0.15, -0.1) is 0 Å². The smallest absolute Gasteiger partial charge is 0.191 e. The van der Waals surface area contributed by atoms with Crippen molar-refractivity contribution >= 4 is 29.2 Å². The number of nitrogens with zero attached hydrogens (tertiary/aromatic N) is 1. The predicted octanol–water partition coefficient (Wildman–Crippen LogP) is 4.45. The first-order chi connectivity index (χ1) is 13.5. The van der Waals surface area contributed by atoms with E-state index in [2.05, 4.69) is 29.7 Å². The van der Waals surface area contributed by atoms with Crippen molar-refractivity contribution in [3.63, 3.8) is 0 Å². The topological polar surface area (TPSA) is 64.1 Å². The summed E-state index contributed by atoms with van der Waals surface area (Å²) in [5.74, 6) is 2.77. The van der Waals surface area contributed by atoms with Gasteiger partial charge in [0.2, 0.25) is 0 Å². The Morgan fingerprint density at radius 3 is 2.43 bits per heavy atom. The van der Waals surface area contributed by atoms with Crippen molar-refractivity contribution in [1.82, 2.24) is 5.43 Å². The fraction of sp³-hybridized carbons (Fsp3) is 0.333. The van der Waals surface area contributed by atoms with Crippen molar-refractivity contribution in [3.05, 3.63) is 48.0 Å². The number of hydrogen-bond acceptors (Lipinski definition) is 5. The Kier molecular flexibility index (Phi) is 8.55. The van der Waals surface area contributed by atoms with E-state index in [9.17, 15) is 0 Å². The second-order valence-corrected chi connectivity index (χ2v) is 6.90. The van der Waals surface area contributed by atoms with Gasteiger partial charge in [0.1, 0.15) is 5.75 Å². The average molecular weight is 402 g/mol.